The van der Waals surface area contributed by atoms with Gasteiger partial charge in [0.1, 0.15) is 18.4 Å². The van der Waals surface area contributed by atoms with Crippen LogP contribution in [-0.2, 0) is 14.9 Å². The number of rotatable bonds is 12. The van der Waals surface area contributed by atoms with E-state index >= 15 is 0 Å². The van der Waals surface area contributed by atoms with Gasteiger partial charge < -0.3 is 30.2 Å². The molecule has 0 aromatic rings. The Hall–Kier alpha value is -0.820. The van der Waals surface area contributed by atoms with Crippen LogP contribution in [0.4, 0.5) is 0 Å². The van der Waals surface area contributed by atoms with Gasteiger partial charge in [-0.15, -0.1) is 0 Å². The van der Waals surface area contributed by atoms with E-state index in [1.807, 2.05) is 14.1 Å². The number of aliphatic hydroxyl groups excluding tert-OH is 4. The number of nitrogens with one attached hydrogen (secondary N) is 1. The summed E-state index contributed by atoms with van der Waals surface area (Å²) in [6.45, 7) is 8.10. The van der Waals surface area contributed by atoms with Crippen LogP contribution < -0.4 is 5.32 Å². The Bertz CT molecular complexity index is 1090. The predicted octanol–water partition coefficient (Wildman–Crippen LogP) is 2.20. The van der Waals surface area contributed by atoms with Gasteiger partial charge in [0.25, 0.3) is 10.1 Å². The van der Waals surface area contributed by atoms with Crippen LogP contribution in [0.2, 0.25) is 0 Å². The molecular formula is C32H59N2O8S+. The highest BCUT2D eigenvalue weighted by atomic mass is 32.2. The summed E-state index contributed by atoms with van der Waals surface area (Å²) in [7, 11) is -0.484. The minimum atomic E-state index is -4.23. The van der Waals surface area contributed by atoms with E-state index in [9.17, 15) is 33.6 Å². The Balaban J connectivity index is 1.27. The lowest BCUT2D eigenvalue weighted by molar-refractivity contribution is -0.893. The number of hydrogen-bond donors (Lipinski definition) is 6. The van der Waals surface area contributed by atoms with Crippen molar-refractivity contribution in [1.82, 2.24) is 5.32 Å². The Morgan fingerprint density at radius 2 is 1.74 bits per heavy atom. The summed E-state index contributed by atoms with van der Waals surface area (Å²) in [6, 6.07) is 0. The lowest BCUT2D eigenvalue weighted by Gasteiger charge is -2.63. The fraction of sp³-hybridized carbons (Fsp3) is 0.969. The highest BCUT2D eigenvalue weighted by Gasteiger charge is 2.65. The molecule has 0 heterocycles. The first kappa shape index (κ1) is 35.0. The first-order chi connectivity index (χ1) is 19.9. The molecular weight excluding hydrogens is 572 g/mol. The van der Waals surface area contributed by atoms with Gasteiger partial charge in [0, 0.05) is 19.4 Å². The van der Waals surface area contributed by atoms with Gasteiger partial charge in [-0.3, -0.25) is 9.35 Å². The number of hydrogen-bond acceptors (Lipinski definition) is 7. The second-order valence-corrected chi connectivity index (χ2v) is 17.5. The van der Waals surface area contributed by atoms with Crippen molar-refractivity contribution >= 4 is 16.0 Å². The molecule has 12 atom stereocenters. The van der Waals surface area contributed by atoms with E-state index in [1.54, 1.807) is 0 Å². The normalized spacial score (nSPS) is 41.1. The van der Waals surface area contributed by atoms with Gasteiger partial charge in [-0.2, -0.15) is 8.42 Å². The van der Waals surface area contributed by atoms with Crippen molar-refractivity contribution in [3.05, 3.63) is 0 Å². The topological polar surface area (TPSA) is 164 Å². The van der Waals surface area contributed by atoms with Gasteiger partial charge in [0.2, 0.25) is 5.91 Å². The second kappa shape index (κ2) is 13.1. The van der Waals surface area contributed by atoms with Crippen LogP contribution in [0.3, 0.4) is 0 Å². The Labute approximate surface area is 259 Å². The Morgan fingerprint density at radius 3 is 2.42 bits per heavy atom. The SMILES string of the molecule is C[C@H](CCC(=O)NCCC[N+](C)(C)CC(O)CS(=O)(=O)O)[C@H]1CC[C@H]2C3C(O)C[C@@H]4C[C@H](O)CC[C@]4(C)C3C[C@H](O)[C@]12C. The van der Waals surface area contributed by atoms with Gasteiger partial charge in [0.15, 0.2) is 0 Å². The standard InChI is InChI=1S/C32H58N2O8S/c1-20(7-10-29(39)33-13-6-14-34(4,5)18-23(36)19-43(40,41)42)24-8-9-25-30-26(17-28(38)32(24,25)3)31(2)12-11-22(35)15-21(31)16-27(30)37/h20-28,30,35-38H,6-19H2,1-5H3,(H-,33,39,40,41,42)/p+1/t20-,21+,22-,23?,24-,25+,26?,27?,28+,30?,31+,32-/m1/s1. The van der Waals surface area contributed by atoms with E-state index in [-0.39, 0.29) is 59.2 Å². The summed E-state index contributed by atoms with van der Waals surface area (Å²) >= 11 is 0. The van der Waals surface area contributed by atoms with Crippen molar-refractivity contribution in [1.29, 1.82) is 0 Å². The van der Waals surface area contributed by atoms with E-state index in [0.717, 1.165) is 44.9 Å². The lowest BCUT2D eigenvalue weighted by atomic mass is 9.43. The summed E-state index contributed by atoms with van der Waals surface area (Å²) in [5, 5.41) is 46.5. The zero-order valence-electron chi connectivity index (χ0n) is 27.0. The number of amides is 1. The average molecular weight is 632 g/mol. The molecule has 0 aliphatic heterocycles. The number of fused-ring (bicyclic) bond motifs is 5. The number of quaternary nitrogens is 1. The third kappa shape index (κ3) is 7.60. The van der Waals surface area contributed by atoms with Gasteiger partial charge in [-0.25, -0.2) is 0 Å². The van der Waals surface area contributed by atoms with Crippen LogP contribution in [0.15, 0.2) is 0 Å². The molecule has 4 fully saturated rings. The molecule has 4 aliphatic rings. The van der Waals surface area contributed by atoms with Gasteiger partial charge >= 0.3 is 0 Å². The van der Waals surface area contributed by atoms with Crippen molar-refractivity contribution in [3.63, 3.8) is 0 Å². The van der Waals surface area contributed by atoms with E-state index < -0.39 is 28.1 Å². The Morgan fingerprint density at radius 1 is 1.05 bits per heavy atom. The third-order valence-corrected chi connectivity index (χ3v) is 13.5. The molecule has 4 unspecified atom stereocenters. The van der Waals surface area contributed by atoms with E-state index in [0.29, 0.717) is 48.7 Å². The number of likely N-dealkylation sites (N-methyl/N-ethyl adjacent to an activating group) is 1. The number of aliphatic hydroxyl groups is 4. The smallest absolute Gasteiger partial charge is 0.267 e. The second-order valence-electron chi connectivity index (χ2n) is 16.0. The molecule has 0 radical (unpaired) electrons. The van der Waals surface area contributed by atoms with Crippen LogP contribution in [-0.4, -0.2) is 108 Å². The van der Waals surface area contributed by atoms with Crippen LogP contribution in [0.1, 0.15) is 85.0 Å². The fourth-order valence-corrected chi connectivity index (χ4v) is 11.1. The summed E-state index contributed by atoms with van der Waals surface area (Å²) in [6.07, 6.45) is 5.56. The minimum absolute atomic E-state index is 0.00585. The molecule has 0 aromatic carbocycles. The fourth-order valence-electron chi connectivity index (χ4n) is 10.5. The van der Waals surface area contributed by atoms with E-state index in [4.69, 9.17) is 4.55 Å². The molecule has 0 bridgehead atoms. The molecule has 1 amide bonds. The zero-order valence-corrected chi connectivity index (χ0v) is 27.8. The summed E-state index contributed by atoms with van der Waals surface area (Å²) < 4.78 is 31.3. The van der Waals surface area contributed by atoms with Crippen molar-refractivity contribution in [2.75, 3.05) is 39.5 Å². The zero-order chi connectivity index (χ0) is 32.0. The van der Waals surface area contributed by atoms with E-state index in [2.05, 4.69) is 26.1 Å². The number of carbonyl (C=O) groups excluding carboxylic acids is 1. The van der Waals surface area contributed by atoms with E-state index in [1.165, 1.54) is 0 Å². The highest BCUT2D eigenvalue weighted by Crippen LogP contribution is 2.68. The summed E-state index contributed by atoms with van der Waals surface area (Å²) in [5.74, 6) is 0.890. The van der Waals surface area contributed by atoms with Crippen LogP contribution in [0, 0.1) is 46.3 Å². The summed E-state index contributed by atoms with van der Waals surface area (Å²) in [4.78, 5) is 12.7. The highest BCUT2D eigenvalue weighted by molar-refractivity contribution is 7.85. The van der Waals surface area contributed by atoms with Gasteiger partial charge in [0.05, 0.1) is 39.0 Å². The van der Waals surface area contributed by atoms with Gasteiger partial charge in [-0.1, -0.05) is 20.8 Å². The van der Waals surface area contributed by atoms with Gasteiger partial charge in [-0.05, 0) is 97.7 Å². The maximum absolute atomic E-state index is 12.7. The predicted molar refractivity (Wildman–Crippen MR) is 164 cm³/mol. The minimum Gasteiger partial charge on any atom is -0.393 e. The molecule has 6 N–H and O–H groups in total. The molecule has 0 saturated heterocycles. The first-order valence-electron chi connectivity index (χ1n) is 16.6. The molecule has 4 aliphatic carbocycles. The van der Waals surface area contributed by atoms with Crippen molar-refractivity contribution in [2.45, 2.75) is 109 Å². The maximum atomic E-state index is 12.7. The molecule has 10 nitrogen and oxygen atoms in total. The first-order valence-corrected chi connectivity index (χ1v) is 18.2. The number of carbonyl (C=O) groups is 1. The third-order valence-electron chi connectivity index (χ3n) is 12.7. The van der Waals surface area contributed by atoms with Crippen LogP contribution in [0.25, 0.3) is 0 Å². The monoisotopic (exact) mass is 631 g/mol. The summed E-state index contributed by atoms with van der Waals surface area (Å²) in [5.41, 5.74) is -0.222. The van der Waals surface area contributed by atoms with Crippen LogP contribution >= 0.6 is 0 Å². The maximum Gasteiger partial charge on any atom is 0.267 e. The average Bonchev–Trinajstić information content (AvgIpc) is 3.24. The molecule has 4 rings (SSSR count). The van der Waals surface area contributed by atoms with Crippen molar-refractivity contribution in [3.8, 4) is 0 Å². The molecule has 250 valence electrons. The molecule has 0 aromatic heterocycles. The Kier molecular flexibility index (Phi) is 10.7. The molecule has 11 heteroatoms. The largest absolute Gasteiger partial charge is 0.393 e. The molecule has 0 spiro atoms. The quantitative estimate of drug-likeness (QED) is 0.108. The number of nitrogens with zero attached hydrogens (tertiary/aromatic N) is 1. The molecule has 4 saturated carbocycles. The lowest BCUT2D eigenvalue weighted by Crippen LogP contribution is -2.62. The van der Waals surface area contributed by atoms with Crippen molar-refractivity contribution < 1.29 is 42.7 Å². The molecule has 43 heavy (non-hydrogen) atoms. The van der Waals surface area contributed by atoms with Crippen molar-refractivity contribution in [2.24, 2.45) is 46.3 Å². The van der Waals surface area contributed by atoms with Crippen LogP contribution in [0.5, 0.6) is 0 Å².